The molecule has 0 aromatic heterocycles. The molecule has 0 unspecified atom stereocenters. The molecule has 2 nitrogen and oxygen atoms in total. The van der Waals surface area contributed by atoms with Crippen LogP contribution in [0.2, 0.25) is 0 Å². The number of carbonyl (C=O) groups is 1. The van der Waals surface area contributed by atoms with Crippen LogP contribution in [0.1, 0.15) is 6.42 Å². The Hall–Kier alpha value is -0.490. The number of halogens is 1. The molecule has 0 N–H and O–H groups in total. The first kappa shape index (κ1) is 12.6. The van der Waals surface area contributed by atoms with Gasteiger partial charge in [-0.25, -0.2) is 0 Å². The third-order valence-electron chi connectivity index (χ3n) is 1.58. The number of ether oxygens (including phenoxy) is 1. The molecule has 1 aromatic rings. The molecule has 0 aliphatic heterocycles. The number of methoxy groups -OCH3 is 1. The molecule has 0 radical (unpaired) electrons. The number of rotatable bonds is 4. The van der Waals surface area contributed by atoms with E-state index in [0.717, 1.165) is 8.47 Å². The molecule has 0 spiro atoms. The van der Waals surface area contributed by atoms with E-state index in [9.17, 15) is 4.79 Å². The van der Waals surface area contributed by atoms with Crippen molar-refractivity contribution in [3.63, 3.8) is 0 Å². The van der Waals surface area contributed by atoms with E-state index >= 15 is 0 Å². The highest BCUT2D eigenvalue weighted by atomic mass is 127. The molecule has 0 saturated carbocycles. The summed E-state index contributed by atoms with van der Waals surface area (Å²) in [5.74, 6) is 0. The fourth-order valence-electron chi connectivity index (χ4n) is 0.932. The van der Waals surface area contributed by atoms with E-state index in [0.29, 0.717) is 6.42 Å². The minimum absolute atomic E-state index is 0.118. The van der Waals surface area contributed by atoms with Crippen LogP contribution < -0.4 is 0 Å². The summed E-state index contributed by atoms with van der Waals surface area (Å²) in [4.78, 5) is 12.5. The lowest BCUT2D eigenvalue weighted by Gasteiger charge is -2.00. The summed E-state index contributed by atoms with van der Waals surface area (Å²) >= 11 is 3.49. The maximum Gasteiger partial charge on any atom is 0.197 e. The zero-order chi connectivity index (χ0) is 11.1. The monoisotopic (exact) mass is 334 g/mol. The van der Waals surface area contributed by atoms with E-state index in [2.05, 4.69) is 22.6 Å². The van der Waals surface area contributed by atoms with E-state index in [1.165, 1.54) is 18.0 Å². The van der Waals surface area contributed by atoms with Gasteiger partial charge in [-0.15, -0.1) is 0 Å². The Morgan fingerprint density at radius 3 is 2.93 bits per heavy atom. The second kappa shape index (κ2) is 6.90. The van der Waals surface area contributed by atoms with Crippen molar-refractivity contribution >= 4 is 39.5 Å². The van der Waals surface area contributed by atoms with Crippen LogP contribution in [0.4, 0.5) is 0 Å². The van der Waals surface area contributed by atoms with Crippen molar-refractivity contribution in [3.8, 4) is 0 Å². The molecule has 15 heavy (non-hydrogen) atoms. The summed E-state index contributed by atoms with van der Waals surface area (Å²) in [6, 6.07) is 7.83. The quantitative estimate of drug-likeness (QED) is 0.479. The van der Waals surface area contributed by atoms with Gasteiger partial charge in [-0.2, -0.15) is 0 Å². The maximum atomic E-state index is 11.5. The van der Waals surface area contributed by atoms with E-state index in [1.54, 1.807) is 13.2 Å². The smallest absolute Gasteiger partial charge is 0.197 e. The van der Waals surface area contributed by atoms with E-state index < -0.39 is 0 Å². The molecule has 0 heterocycles. The van der Waals surface area contributed by atoms with Crippen LogP contribution in [0.25, 0.3) is 0 Å². The number of benzene rings is 1. The summed E-state index contributed by atoms with van der Waals surface area (Å²) in [5.41, 5.74) is 0. The maximum absolute atomic E-state index is 11.5. The predicted octanol–water partition coefficient (Wildman–Crippen LogP) is 3.46. The number of hydrogen-bond acceptors (Lipinski definition) is 3. The number of allylic oxidation sites excluding steroid dienone is 1. The molecule has 4 heteroatoms. The standard InChI is InChI=1S/C11H11IO2S/c1-14-8-4-7-11(13)15-10-6-3-2-5-9(10)12/h2-6,8H,7H2,1H3/b8-4+. The van der Waals surface area contributed by atoms with E-state index in [-0.39, 0.29) is 5.12 Å². The van der Waals surface area contributed by atoms with Crippen LogP contribution in [0.5, 0.6) is 0 Å². The molecular formula is C11H11IO2S. The average Bonchev–Trinajstić information content (AvgIpc) is 2.22. The first-order chi connectivity index (χ1) is 7.24. The van der Waals surface area contributed by atoms with Crippen LogP contribution >= 0.6 is 34.4 Å². The molecule has 0 atom stereocenters. The van der Waals surface area contributed by atoms with Gasteiger partial charge in [0.2, 0.25) is 0 Å². The molecule has 1 rings (SSSR count). The van der Waals surface area contributed by atoms with Gasteiger partial charge in [0.05, 0.1) is 13.4 Å². The Kier molecular flexibility index (Phi) is 5.78. The number of carbonyl (C=O) groups excluding carboxylic acids is 1. The molecule has 80 valence electrons. The zero-order valence-corrected chi connectivity index (χ0v) is 11.2. The van der Waals surface area contributed by atoms with Crippen molar-refractivity contribution in [2.75, 3.05) is 7.11 Å². The SMILES string of the molecule is CO/C=C/CC(=O)Sc1ccccc1I. The Labute approximate surface area is 107 Å². The van der Waals surface area contributed by atoms with Crippen molar-refractivity contribution in [1.82, 2.24) is 0 Å². The lowest BCUT2D eigenvalue weighted by Crippen LogP contribution is -1.89. The minimum atomic E-state index is 0.118. The Balaban J connectivity index is 2.52. The van der Waals surface area contributed by atoms with Gasteiger partial charge in [0.1, 0.15) is 0 Å². The highest BCUT2D eigenvalue weighted by Crippen LogP contribution is 2.25. The second-order valence-corrected chi connectivity index (χ2v) is 4.98. The lowest BCUT2D eigenvalue weighted by molar-refractivity contribution is -0.110. The van der Waals surface area contributed by atoms with Crippen LogP contribution in [-0.4, -0.2) is 12.2 Å². The van der Waals surface area contributed by atoms with Gasteiger partial charge in [-0.3, -0.25) is 4.79 Å². The molecule has 0 amide bonds. The average molecular weight is 334 g/mol. The van der Waals surface area contributed by atoms with Crippen molar-refractivity contribution < 1.29 is 9.53 Å². The second-order valence-electron chi connectivity index (χ2n) is 2.72. The molecule has 0 saturated heterocycles. The fraction of sp³-hybridized carbons (Fsp3) is 0.182. The van der Waals surface area contributed by atoms with Gasteiger partial charge in [0.15, 0.2) is 5.12 Å². The van der Waals surface area contributed by atoms with Crippen molar-refractivity contribution in [1.29, 1.82) is 0 Å². The third kappa shape index (κ3) is 4.70. The summed E-state index contributed by atoms with van der Waals surface area (Å²) in [6.45, 7) is 0. The van der Waals surface area contributed by atoms with Gasteiger partial charge in [0.25, 0.3) is 0 Å². The summed E-state index contributed by atoms with van der Waals surface area (Å²) in [6.07, 6.45) is 3.63. The largest absolute Gasteiger partial charge is 0.505 e. The van der Waals surface area contributed by atoms with Crippen molar-refractivity contribution in [2.24, 2.45) is 0 Å². The summed E-state index contributed by atoms with van der Waals surface area (Å²) in [7, 11) is 1.56. The van der Waals surface area contributed by atoms with E-state index in [1.807, 2.05) is 24.3 Å². The predicted molar refractivity (Wildman–Crippen MR) is 70.8 cm³/mol. The van der Waals surface area contributed by atoms with Gasteiger partial charge in [-0.05, 0) is 40.8 Å². The van der Waals surface area contributed by atoms with Gasteiger partial charge in [0, 0.05) is 14.9 Å². The van der Waals surface area contributed by atoms with Crippen LogP contribution in [0.15, 0.2) is 41.5 Å². The topological polar surface area (TPSA) is 26.3 Å². The first-order valence-corrected chi connectivity index (χ1v) is 6.26. The lowest BCUT2D eigenvalue weighted by atomic mass is 10.4. The molecule has 0 aliphatic carbocycles. The molecule has 0 fully saturated rings. The number of thioether (sulfide) groups is 1. The van der Waals surface area contributed by atoms with Gasteiger partial charge >= 0.3 is 0 Å². The molecule has 0 bridgehead atoms. The van der Waals surface area contributed by atoms with Crippen molar-refractivity contribution in [2.45, 2.75) is 11.3 Å². The van der Waals surface area contributed by atoms with Crippen LogP contribution in [0, 0.1) is 3.57 Å². The molecule has 1 aromatic carbocycles. The molecule has 0 aliphatic rings. The minimum Gasteiger partial charge on any atom is -0.505 e. The van der Waals surface area contributed by atoms with Crippen molar-refractivity contribution in [3.05, 3.63) is 40.2 Å². The Morgan fingerprint density at radius 2 is 2.27 bits per heavy atom. The third-order valence-corrected chi connectivity index (χ3v) is 3.85. The fourth-order valence-corrected chi connectivity index (χ4v) is 2.39. The zero-order valence-electron chi connectivity index (χ0n) is 8.27. The normalized spacial score (nSPS) is 10.5. The summed E-state index contributed by atoms with van der Waals surface area (Å²) in [5, 5.41) is 0.118. The number of hydrogen-bond donors (Lipinski definition) is 0. The Morgan fingerprint density at radius 1 is 1.53 bits per heavy atom. The molecular weight excluding hydrogens is 323 g/mol. The van der Waals surface area contributed by atoms with Gasteiger partial charge in [-0.1, -0.05) is 23.9 Å². The Bertz CT molecular complexity index is 363. The highest BCUT2D eigenvalue weighted by molar-refractivity contribution is 14.1. The first-order valence-electron chi connectivity index (χ1n) is 4.37. The summed E-state index contributed by atoms with van der Waals surface area (Å²) < 4.78 is 5.82. The van der Waals surface area contributed by atoms with Gasteiger partial charge < -0.3 is 4.74 Å². The van der Waals surface area contributed by atoms with E-state index in [4.69, 9.17) is 4.74 Å². The van der Waals surface area contributed by atoms with Crippen LogP contribution in [0.3, 0.4) is 0 Å². The van der Waals surface area contributed by atoms with Crippen LogP contribution in [-0.2, 0) is 9.53 Å². The highest BCUT2D eigenvalue weighted by Gasteiger charge is 2.05.